The number of carbonyl (C=O) groups excluding carboxylic acids is 1. The standard InChI is InChI=1S/C17H25NO3S/c1-22-12-7-15(13-19)18-16(20)17(8-10-21-11-9-17)14-5-3-2-4-6-14/h2-6,15,19H,7-13H2,1H3,(H,18,20). The van der Waals surface area contributed by atoms with Gasteiger partial charge >= 0.3 is 0 Å². The average Bonchev–Trinajstić information content (AvgIpc) is 2.59. The van der Waals surface area contributed by atoms with Crippen molar-refractivity contribution in [2.75, 3.05) is 31.8 Å². The molecule has 0 bridgehead atoms. The molecule has 4 nitrogen and oxygen atoms in total. The molecule has 0 saturated carbocycles. The monoisotopic (exact) mass is 323 g/mol. The summed E-state index contributed by atoms with van der Waals surface area (Å²) in [4.78, 5) is 13.0. The Morgan fingerprint density at radius 1 is 1.36 bits per heavy atom. The zero-order valence-corrected chi connectivity index (χ0v) is 13.9. The van der Waals surface area contributed by atoms with Crippen LogP contribution in [-0.2, 0) is 14.9 Å². The predicted octanol–water partition coefficient (Wildman–Crippen LogP) is 1.96. The maximum atomic E-state index is 13.0. The summed E-state index contributed by atoms with van der Waals surface area (Å²) in [6, 6.07) is 9.75. The van der Waals surface area contributed by atoms with Crippen LogP contribution in [-0.4, -0.2) is 48.9 Å². The Balaban J connectivity index is 2.16. The van der Waals surface area contributed by atoms with Crippen LogP contribution in [0.25, 0.3) is 0 Å². The van der Waals surface area contributed by atoms with E-state index >= 15 is 0 Å². The van der Waals surface area contributed by atoms with Crippen LogP contribution < -0.4 is 5.32 Å². The number of amides is 1. The smallest absolute Gasteiger partial charge is 0.231 e. The molecule has 0 aromatic heterocycles. The molecule has 122 valence electrons. The summed E-state index contributed by atoms with van der Waals surface area (Å²) in [6.45, 7) is 1.17. The van der Waals surface area contributed by atoms with E-state index in [-0.39, 0.29) is 18.6 Å². The van der Waals surface area contributed by atoms with E-state index in [1.165, 1.54) is 0 Å². The lowest BCUT2D eigenvalue weighted by molar-refractivity contribution is -0.131. The highest BCUT2D eigenvalue weighted by atomic mass is 32.2. The lowest BCUT2D eigenvalue weighted by Crippen LogP contribution is -2.51. The van der Waals surface area contributed by atoms with Crippen LogP contribution in [0.15, 0.2) is 30.3 Å². The van der Waals surface area contributed by atoms with Crippen molar-refractivity contribution in [1.29, 1.82) is 0 Å². The molecule has 22 heavy (non-hydrogen) atoms. The van der Waals surface area contributed by atoms with Crippen LogP contribution >= 0.6 is 11.8 Å². The molecule has 0 spiro atoms. The molecule has 2 N–H and O–H groups in total. The Hall–Kier alpha value is -1.04. The lowest BCUT2D eigenvalue weighted by atomic mass is 9.73. The fraction of sp³-hybridized carbons (Fsp3) is 0.588. The van der Waals surface area contributed by atoms with E-state index in [4.69, 9.17) is 4.74 Å². The van der Waals surface area contributed by atoms with Gasteiger partial charge in [-0.1, -0.05) is 30.3 Å². The molecule has 2 rings (SSSR count). The first-order valence-corrected chi connectivity index (χ1v) is 9.16. The Bertz CT molecular complexity index is 460. The summed E-state index contributed by atoms with van der Waals surface area (Å²) in [7, 11) is 0. The van der Waals surface area contributed by atoms with E-state index < -0.39 is 5.41 Å². The SMILES string of the molecule is CSCCC(CO)NC(=O)C1(c2ccccc2)CCOCC1. The molecule has 1 fully saturated rings. The molecule has 1 unspecified atom stereocenters. The van der Waals surface area contributed by atoms with Crippen molar-refractivity contribution in [3.05, 3.63) is 35.9 Å². The largest absolute Gasteiger partial charge is 0.394 e. The maximum Gasteiger partial charge on any atom is 0.231 e. The summed E-state index contributed by atoms with van der Waals surface area (Å²) in [6.07, 6.45) is 4.18. The van der Waals surface area contributed by atoms with E-state index in [2.05, 4.69) is 5.32 Å². The van der Waals surface area contributed by atoms with E-state index in [1.54, 1.807) is 11.8 Å². The second-order valence-corrected chi connectivity index (χ2v) is 6.68. The molecular weight excluding hydrogens is 298 g/mol. The molecule has 1 heterocycles. The Morgan fingerprint density at radius 2 is 2.05 bits per heavy atom. The second kappa shape index (κ2) is 8.56. The number of ether oxygens (including phenoxy) is 1. The van der Waals surface area contributed by atoms with Crippen molar-refractivity contribution in [2.45, 2.75) is 30.7 Å². The topological polar surface area (TPSA) is 58.6 Å². The van der Waals surface area contributed by atoms with Crippen molar-refractivity contribution in [2.24, 2.45) is 0 Å². The van der Waals surface area contributed by atoms with Gasteiger partial charge in [-0.05, 0) is 36.8 Å². The summed E-state index contributed by atoms with van der Waals surface area (Å²) >= 11 is 1.72. The number of benzene rings is 1. The normalized spacial score (nSPS) is 18.6. The molecule has 1 amide bonds. The van der Waals surface area contributed by atoms with Gasteiger partial charge in [0.05, 0.1) is 18.1 Å². The number of rotatable bonds is 7. The van der Waals surface area contributed by atoms with E-state index in [0.717, 1.165) is 17.7 Å². The molecule has 0 aliphatic carbocycles. The first-order valence-electron chi connectivity index (χ1n) is 7.77. The second-order valence-electron chi connectivity index (χ2n) is 5.69. The van der Waals surface area contributed by atoms with Crippen LogP contribution in [0.5, 0.6) is 0 Å². The molecule has 5 heteroatoms. The van der Waals surface area contributed by atoms with Crippen molar-refractivity contribution in [1.82, 2.24) is 5.32 Å². The minimum Gasteiger partial charge on any atom is -0.394 e. The molecule has 0 radical (unpaired) electrons. The first-order chi connectivity index (χ1) is 10.7. The predicted molar refractivity (Wildman–Crippen MR) is 90.2 cm³/mol. The van der Waals surface area contributed by atoms with Gasteiger partial charge in [-0.25, -0.2) is 0 Å². The highest BCUT2D eigenvalue weighted by Gasteiger charge is 2.42. The van der Waals surface area contributed by atoms with Gasteiger partial charge in [0.25, 0.3) is 0 Å². The van der Waals surface area contributed by atoms with Crippen LogP contribution in [0.4, 0.5) is 0 Å². The van der Waals surface area contributed by atoms with Crippen LogP contribution in [0.3, 0.4) is 0 Å². The number of nitrogens with one attached hydrogen (secondary N) is 1. The van der Waals surface area contributed by atoms with Crippen LogP contribution in [0, 0.1) is 0 Å². The molecule has 1 atom stereocenters. The number of carbonyl (C=O) groups is 1. The molecule has 1 aromatic rings. The van der Waals surface area contributed by atoms with Gasteiger partial charge in [-0.3, -0.25) is 4.79 Å². The van der Waals surface area contributed by atoms with Crippen molar-refractivity contribution < 1.29 is 14.6 Å². The van der Waals surface area contributed by atoms with Gasteiger partial charge in [0.2, 0.25) is 5.91 Å². The van der Waals surface area contributed by atoms with Gasteiger partial charge in [-0.15, -0.1) is 0 Å². The third-order valence-corrected chi connectivity index (χ3v) is 4.98. The minimum atomic E-state index is -0.535. The highest BCUT2D eigenvalue weighted by molar-refractivity contribution is 7.98. The van der Waals surface area contributed by atoms with Gasteiger partial charge in [0.1, 0.15) is 0 Å². The van der Waals surface area contributed by atoms with Crippen LogP contribution in [0.2, 0.25) is 0 Å². The number of hydrogen-bond acceptors (Lipinski definition) is 4. The fourth-order valence-corrected chi connectivity index (χ4v) is 3.44. The molecule has 1 aliphatic heterocycles. The lowest BCUT2D eigenvalue weighted by Gasteiger charge is -2.37. The fourth-order valence-electron chi connectivity index (χ4n) is 2.92. The van der Waals surface area contributed by atoms with E-state index in [9.17, 15) is 9.90 Å². The quantitative estimate of drug-likeness (QED) is 0.805. The average molecular weight is 323 g/mol. The van der Waals surface area contributed by atoms with Crippen molar-refractivity contribution in [3.63, 3.8) is 0 Å². The third kappa shape index (κ3) is 4.03. The van der Waals surface area contributed by atoms with Gasteiger partial charge < -0.3 is 15.2 Å². The molecular formula is C17H25NO3S. The minimum absolute atomic E-state index is 0.0159. The third-order valence-electron chi connectivity index (χ3n) is 4.33. The molecule has 1 aromatic carbocycles. The Kier molecular flexibility index (Phi) is 6.73. The van der Waals surface area contributed by atoms with Gasteiger partial charge in [0, 0.05) is 13.2 Å². The summed E-state index contributed by atoms with van der Waals surface area (Å²) in [5.41, 5.74) is 0.504. The number of hydrogen-bond donors (Lipinski definition) is 2. The number of aliphatic hydroxyl groups excluding tert-OH is 1. The van der Waals surface area contributed by atoms with E-state index in [1.807, 2.05) is 36.6 Å². The summed E-state index contributed by atoms with van der Waals surface area (Å²) < 4.78 is 5.46. The Morgan fingerprint density at radius 3 is 2.64 bits per heavy atom. The molecule has 1 saturated heterocycles. The zero-order valence-electron chi connectivity index (χ0n) is 13.1. The Labute approximate surface area is 136 Å². The first kappa shape index (κ1) is 17.3. The highest BCUT2D eigenvalue weighted by Crippen LogP contribution is 2.35. The maximum absolute atomic E-state index is 13.0. The van der Waals surface area contributed by atoms with Crippen molar-refractivity contribution >= 4 is 17.7 Å². The number of thioether (sulfide) groups is 1. The van der Waals surface area contributed by atoms with E-state index in [0.29, 0.717) is 26.1 Å². The summed E-state index contributed by atoms with van der Waals surface area (Å²) in [5.74, 6) is 0.939. The summed E-state index contributed by atoms with van der Waals surface area (Å²) in [5, 5.41) is 12.6. The molecule has 1 aliphatic rings. The zero-order chi connectivity index (χ0) is 15.8. The number of aliphatic hydroxyl groups is 1. The van der Waals surface area contributed by atoms with Gasteiger partial charge in [-0.2, -0.15) is 11.8 Å². The van der Waals surface area contributed by atoms with Gasteiger partial charge in [0.15, 0.2) is 0 Å². The van der Waals surface area contributed by atoms with Crippen LogP contribution in [0.1, 0.15) is 24.8 Å². The van der Waals surface area contributed by atoms with Crippen molar-refractivity contribution in [3.8, 4) is 0 Å².